The maximum absolute atomic E-state index is 12.3. The van der Waals surface area contributed by atoms with Gasteiger partial charge in [-0.25, -0.2) is 4.79 Å². The Kier molecular flexibility index (Phi) is 6.01. The molecule has 0 saturated heterocycles. The quantitative estimate of drug-likeness (QED) is 0.737. The van der Waals surface area contributed by atoms with Crippen molar-refractivity contribution in [2.45, 2.75) is 26.8 Å². The summed E-state index contributed by atoms with van der Waals surface area (Å²) in [5.41, 5.74) is 4.09. The van der Waals surface area contributed by atoms with Gasteiger partial charge in [0.15, 0.2) is 13.2 Å². The van der Waals surface area contributed by atoms with E-state index in [2.05, 4.69) is 6.07 Å². The third-order valence-electron chi connectivity index (χ3n) is 4.60. The van der Waals surface area contributed by atoms with Crippen LogP contribution in [0.25, 0.3) is 0 Å². The molecule has 0 N–H and O–H groups in total. The first kappa shape index (κ1) is 19.2. The number of aryl methyl sites for hydroxylation is 2. The van der Waals surface area contributed by atoms with E-state index in [1.165, 1.54) is 5.56 Å². The molecule has 0 unspecified atom stereocenters. The second-order valence-electron chi connectivity index (χ2n) is 6.65. The fraction of sp³-hybridized carbons (Fsp3) is 0.333. The third kappa shape index (κ3) is 4.80. The van der Waals surface area contributed by atoms with Crippen molar-refractivity contribution in [3.8, 4) is 5.75 Å². The van der Waals surface area contributed by atoms with Crippen molar-refractivity contribution in [1.29, 1.82) is 0 Å². The van der Waals surface area contributed by atoms with Gasteiger partial charge in [-0.05, 0) is 54.7 Å². The molecule has 0 saturated carbocycles. The molecular formula is C21H22ClNO4. The summed E-state index contributed by atoms with van der Waals surface area (Å²) in [6.07, 6.45) is 0.814. The number of nitrogens with zero attached hydrogens (tertiary/aromatic N) is 1. The van der Waals surface area contributed by atoms with Crippen LogP contribution in [0.4, 0.5) is 0 Å². The van der Waals surface area contributed by atoms with Crippen LogP contribution in [0.2, 0.25) is 5.02 Å². The fourth-order valence-electron chi connectivity index (χ4n) is 3.24. The first-order chi connectivity index (χ1) is 12.9. The summed E-state index contributed by atoms with van der Waals surface area (Å²) in [5, 5.41) is 0.619. The van der Waals surface area contributed by atoms with Gasteiger partial charge in [-0.1, -0.05) is 35.9 Å². The molecule has 142 valence electrons. The molecule has 3 rings (SSSR count). The minimum atomic E-state index is -0.575. The molecule has 2 aromatic rings. The summed E-state index contributed by atoms with van der Waals surface area (Å²) in [5.74, 6) is -0.165. The second kappa shape index (κ2) is 8.44. The summed E-state index contributed by atoms with van der Waals surface area (Å²) in [6, 6.07) is 11.6. The predicted octanol–water partition coefficient (Wildman–Crippen LogP) is 3.46. The van der Waals surface area contributed by atoms with Crippen molar-refractivity contribution in [3.05, 3.63) is 63.7 Å². The van der Waals surface area contributed by atoms with Gasteiger partial charge in [0.2, 0.25) is 0 Å². The molecule has 1 amide bonds. The molecule has 0 radical (unpaired) electrons. The molecular weight excluding hydrogens is 366 g/mol. The normalized spacial score (nSPS) is 13.1. The van der Waals surface area contributed by atoms with Crippen molar-refractivity contribution in [2.24, 2.45) is 0 Å². The zero-order valence-corrected chi connectivity index (χ0v) is 16.2. The molecule has 0 aromatic heterocycles. The van der Waals surface area contributed by atoms with Crippen molar-refractivity contribution in [3.63, 3.8) is 0 Å². The van der Waals surface area contributed by atoms with Crippen molar-refractivity contribution < 1.29 is 19.1 Å². The van der Waals surface area contributed by atoms with Crippen LogP contribution < -0.4 is 4.74 Å². The summed E-state index contributed by atoms with van der Waals surface area (Å²) < 4.78 is 10.6. The molecule has 1 aliphatic rings. The number of carbonyl (C=O) groups is 2. The molecule has 5 nitrogen and oxygen atoms in total. The van der Waals surface area contributed by atoms with Crippen molar-refractivity contribution in [1.82, 2.24) is 4.90 Å². The Hall–Kier alpha value is -2.53. The molecule has 2 aromatic carbocycles. The number of ether oxygens (including phenoxy) is 2. The fourth-order valence-corrected chi connectivity index (χ4v) is 3.57. The molecule has 0 bridgehead atoms. The highest BCUT2D eigenvalue weighted by molar-refractivity contribution is 6.30. The SMILES string of the molecule is Cc1cc(Cl)cc(C)c1OCC(=O)OCC(=O)N1CCc2ccccc2C1. The predicted molar refractivity (Wildman–Crippen MR) is 103 cm³/mol. The number of benzene rings is 2. The number of hydrogen-bond acceptors (Lipinski definition) is 4. The summed E-state index contributed by atoms with van der Waals surface area (Å²) in [7, 11) is 0. The smallest absolute Gasteiger partial charge is 0.344 e. The molecule has 6 heteroatoms. The highest BCUT2D eigenvalue weighted by atomic mass is 35.5. The molecule has 0 aliphatic carbocycles. The summed E-state index contributed by atoms with van der Waals surface area (Å²) in [6.45, 7) is 4.37. The van der Waals surface area contributed by atoms with E-state index in [9.17, 15) is 9.59 Å². The van der Waals surface area contributed by atoms with E-state index in [1.54, 1.807) is 17.0 Å². The molecule has 27 heavy (non-hydrogen) atoms. The van der Waals surface area contributed by atoms with Gasteiger partial charge in [-0.3, -0.25) is 4.79 Å². The zero-order chi connectivity index (χ0) is 19.4. The van der Waals surface area contributed by atoms with Gasteiger partial charge >= 0.3 is 5.97 Å². The topological polar surface area (TPSA) is 55.8 Å². The van der Waals surface area contributed by atoms with Crippen molar-refractivity contribution >= 4 is 23.5 Å². The Bertz CT molecular complexity index is 842. The maximum atomic E-state index is 12.3. The van der Waals surface area contributed by atoms with Crippen LogP contribution in [0.15, 0.2) is 36.4 Å². The number of halogens is 1. The average Bonchev–Trinajstić information content (AvgIpc) is 2.64. The number of fused-ring (bicyclic) bond motifs is 1. The Morgan fingerprint density at radius 2 is 1.74 bits per heavy atom. The minimum Gasteiger partial charge on any atom is -0.481 e. The number of esters is 1. The van der Waals surface area contributed by atoms with Gasteiger partial charge in [-0.2, -0.15) is 0 Å². The monoisotopic (exact) mass is 387 g/mol. The Morgan fingerprint density at radius 1 is 1.07 bits per heavy atom. The van der Waals surface area contributed by atoms with Gasteiger partial charge < -0.3 is 14.4 Å². The number of rotatable bonds is 5. The van der Waals surface area contributed by atoms with Crippen LogP contribution in [0, 0.1) is 13.8 Å². The highest BCUT2D eigenvalue weighted by Crippen LogP contribution is 2.27. The van der Waals surface area contributed by atoms with E-state index >= 15 is 0 Å². The van der Waals surface area contributed by atoms with E-state index in [0.717, 1.165) is 23.1 Å². The van der Waals surface area contributed by atoms with Crippen LogP contribution in [0.1, 0.15) is 22.3 Å². The summed E-state index contributed by atoms with van der Waals surface area (Å²) >= 11 is 5.99. The molecule has 0 atom stereocenters. The van der Waals surface area contributed by atoms with Crippen LogP contribution in [-0.4, -0.2) is 36.5 Å². The first-order valence-electron chi connectivity index (χ1n) is 8.84. The lowest BCUT2D eigenvalue weighted by atomic mass is 10.00. The van der Waals surface area contributed by atoms with Gasteiger partial charge in [0, 0.05) is 18.1 Å². The lowest BCUT2D eigenvalue weighted by molar-refractivity contribution is -0.154. The highest BCUT2D eigenvalue weighted by Gasteiger charge is 2.21. The zero-order valence-electron chi connectivity index (χ0n) is 15.5. The van der Waals surface area contributed by atoms with Crippen LogP contribution in [-0.2, 0) is 27.3 Å². The number of hydrogen-bond donors (Lipinski definition) is 0. The largest absolute Gasteiger partial charge is 0.481 e. The van der Waals surface area contributed by atoms with Gasteiger partial charge in [-0.15, -0.1) is 0 Å². The van der Waals surface area contributed by atoms with E-state index < -0.39 is 5.97 Å². The molecule has 1 aliphatic heterocycles. The molecule has 1 heterocycles. The number of amides is 1. The van der Waals surface area contributed by atoms with Crippen molar-refractivity contribution in [2.75, 3.05) is 19.8 Å². The van der Waals surface area contributed by atoms with Crippen LogP contribution in [0.5, 0.6) is 5.75 Å². The third-order valence-corrected chi connectivity index (χ3v) is 4.82. The molecule has 0 spiro atoms. The van der Waals surface area contributed by atoms with E-state index in [0.29, 0.717) is 23.9 Å². The Balaban J connectivity index is 1.48. The van der Waals surface area contributed by atoms with Gasteiger partial charge in [0.1, 0.15) is 5.75 Å². The lowest BCUT2D eigenvalue weighted by Gasteiger charge is -2.28. The van der Waals surface area contributed by atoms with E-state index in [-0.39, 0.29) is 19.1 Å². The second-order valence-corrected chi connectivity index (χ2v) is 7.09. The van der Waals surface area contributed by atoms with E-state index in [1.807, 2.05) is 32.0 Å². The van der Waals surface area contributed by atoms with Crippen LogP contribution >= 0.6 is 11.6 Å². The van der Waals surface area contributed by atoms with E-state index in [4.69, 9.17) is 21.1 Å². The minimum absolute atomic E-state index is 0.197. The maximum Gasteiger partial charge on any atom is 0.344 e. The lowest BCUT2D eigenvalue weighted by Crippen LogP contribution is -2.38. The Labute approximate surface area is 163 Å². The van der Waals surface area contributed by atoms with Crippen LogP contribution in [0.3, 0.4) is 0 Å². The molecule has 0 fully saturated rings. The van der Waals surface area contributed by atoms with Gasteiger partial charge in [0.25, 0.3) is 5.91 Å². The van der Waals surface area contributed by atoms with Gasteiger partial charge in [0.05, 0.1) is 0 Å². The average molecular weight is 388 g/mol. The Morgan fingerprint density at radius 3 is 2.44 bits per heavy atom. The summed E-state index contributed by atoms with van der Waals surface area (Å²) in [4.78, 5) is 26.0. The first-order valence-corrected chi connectivity index (χ1v) is 9.21. The number of carbonyl (C=O) groups excluding carboxylic acids is 2. The standard InChI is InChI=1S/C21H22ClNO4/c1-14-9-18(22)10-15(2)21(14)27-13-20(25)26-12-19(24)23-8-7-16-5-3-4-6-17(16)11-23/h3-6,9-10H,7-8,11-13H2,1-2H3.